The Morgan fingerprint density at radius 2 is 2.15 bits per heavy atom. The normalized spacial score (nSPS) is 19.1. The van der Waals surface area contributed by atoms with Crippen molar-refractivity contribution in [1.29, 1.82) is 0 Å². The Labute approximate surface area is 152 Å². The molecule has 1 atom stereocenters. The number of rotatable bonds is 5. The van der Waals surface area contributed by atoms with Gasteiger partial charge in [0, 0.05) is 32.4 Å². The highest BCUT2D eigenvalue weighted by Crippen LogP contribution is 2.33. The molecule has 1 saturated carbocycles. The summed E-state index contributed by atoms with van der Waals surface area (Å²) in [6, 6.07) is 7.15. The quantitative estimate of drug-likeness (QED) is 0.829. The van der Waals surface area contributed by atoms with E-state index in [-0.39, 0.29) is 11.8 Å². The van der Waals surface area contributed by atoms with E-state index in [1.165, 1.54) is 19.1 Å². The molecular weight excluding hydrogens is 330 g/mol. The zero-order chi connectivity index (χ0) is 18.1. The summed E-state index contributed by atoms with van der Waals surface area (Å²) in [7, 11) is 0. The number of aromatic nitrogens is 1. The van der Waals surface area contributed by atoms with E-state index in [4.69, 9.17) is 4.42 Å². The number of pyridine rings is 1. The highest BCUT2D eigenvalue weighted by molar-refractivity contribution is 5.93. The molecule has 6 heteroatoms. The van der Waals surface area contributed by atoms with Gasteiger partial charge in [0.15, 0.2) is 5.76 Å². The van der Waals surface area contributed by atoms with Gasteiger partial charge in [-0.3, -0.25) is 14.6 Å². The number of carbonyl (C=O) groups is 2. The second kappa shape index (κ2) is 6.94. The lowest BCUT2D eigenvalue weighted by molar-refractivity contribution is -0.133. The molecule has 136 valence electrons. The van der Waals surface area contributed by atoms with Crippen LogP contribution in [0.25, 0.3) is 0 Å². The molecule has 1 aliphatic heterocycles. The number of hydrogen-bond donors (Lipinski definition) is 0. The first-order valence-electron chi connectivity index (χ1n) is 9.22. The fourth-order valence-corrected chi connectivity index (χ4v) is 3.59. The Morgan fingerprint density at radius 1 is 1.31 bits per heavy atom. The van der Waals surface area contributed by atoms with Crippen molar-refractivity contribution in [1.82, 2.24) is 14.8 Å². The van der Waals surface area contributed by atoms with Crippen molar-refractivity contribution < 1.29 is 14.0 Å². The Kier molecular flexibility index (Phi) is 4.49. The monoisotopic (exact) mass is 353 g/mol. The van der Waals surface area contributed by atoms with E-state index in [0.29, 0.717) is 31.3 Å². The summed E-state index contributed by atoms with van der Waals surface area (Å²) in [5.74, 6) is 0.391. The number of furan rings is 1. The van der Waals surface area contributed by atoms with Crippen LogP contribution >= 0.6 is 0 Å². The van der Waals surface area contributed by atoms with Crippen LogP contribution in [0.1, 0.15) is 47.5 Å². The van der Waals surface area contributed by atoms with Crippen LogP contribution < -0.4 is 0 Å². The van der Waals surface area contributed by atoms with Crippen LogP contribution in [-0.2, 0) is 11.3 Å². The third-order valence-corrected chi connectivity index (χ3v) is 5.21. The molecule has 6 nitrogen and oxygen atoms in total. The smallest absolute Gasteiger partial charge is 0.289 e. The molecule has 1 fully saturated rings. The Balaban J connectivity index is 1.61. The van der Waals surface area contributed by atoms with Gasteiger partial charge in [0.2, 0.25) is 5.91 Å². The minimum Gasteiger partial charge on any atom is -0.459 e. The summed E-state index contributed by atoms with van der Waals surface area (Å²) in [4.78, 5) is 34.1. The lowest BCUT2D eigenvalue weighted by Crippen LogP contribution is -2.46. The van der Waals surface area contributed by atoms with Crippen molar-refractivity contribution >= 4 is 11.8 Å². The van der Waals surface area contributed by atoms with Gasteiger partial charge in [-0.2, -0.15) is 0 Å². The molecule has 2 aliphatic rings. The topological polar surface area (TPSA) is 66.7 Å². The molecule has 2 aromatic heterocycles. The first kappa shape index (κ1) is 16.8. The SMILES string of the molecule is CCN(CC1CC1)C(=O)C1CN(C(=O)c2ccco2)Cc2cccnc21. The van der Waals surface area contributed by atoms with Crippen molar-refractivity contribution in [3.8, 4) is 0 Å². The summed E-state index contributed by atoms with van der Waals surface area (Å²) in [5, 5.41) is 0. The van der Waals surface area contributed by atoms with Gasteiger partial charge in [-0.1, -0.05) is 6.07 Å². The van der Waals surface area contributed by atoms with E-state index < -0.39 is 5.92 Å². The number of carbonyl (C=O) groups excluding carboxylic acids is 2. The maximum atomic E-state index is 13.2. The highest BCUT2D eigenvalue weighted by Gasteiger charge is 2.37. The molecule has 26 heavy (non-hydrogen) atoms. The zero-order valence-electron chi connectivity index (χ0n) is 14.9. The van der Waals surface area contributed by atoms with Crippen molar-refractivity contribution in [3.63, 3.8) is 0 Å². The number of nitrogens with zero attached hydrogens (tertiary/aromatic N) is 3. The predicted molar refractivity (Wildman–Crippen MR) is 95.4 cm³/mol. The van der Waals surface area contributed by atoms with Crippen LogP contribution in [0.4, 0.5) is 0 Å². The zero-order valence-corrected chi connectivity index (χ0v) is 14.9. The van der Waals surface area contributed by atoms with Crippen LogP contribution in [0.5, 0.6) is 0 Å². The average molecular weight is 353 g/mol. The van der Waals surface area contributed by atoms with E-state index in [2.05, 4.69) is 4.98 Å². The van der Waals surface area contributed by atoms with Gasteiger partial charge >= 0.3 is 0 Å². The molecule has 0 spiro atoms. The third kappa shape index (κ3) is 3.23. The van der Waals surface area contributed by atoms with Crippen molar-refractivity contribution in [2.75, 3.05) is 19.6 Å². The molecular formula is C20H23N3O3. The maximum Gasteiger partial charge on any atom is 0.289 e. The van der Waals surface area contributed by atoms with Gasteiger partial charge in [0.1, 0.15) is 0 Å². The molecule has 0 radical (unpaired) electrons. The summed E-state index contributed by atoms with van der Waals surface area (Å²) in [5.41, 5.74) is 1.73. The molecule has 2 amide bonds. The lowest BCUT2D eigenvalue weighted by atomic mass is 9.93. The molecule has 2 aromatic rings. The summed E-state index contributed by atoms with van der Waals surface area (Å²) < 4.78 is 5.26. The van der Waals surface area contributed by atoms with Gasteiger partial charge < -0.3 is 14.2 Å². The third-order valence-electron chi connectivity index (χ3n) is 5.21. The second-order valence-electron chi connectivity index (χ2n) is 7.08. The fourth-order valence-electron chi connectivity index (χ4n) is 3.59. The van der Waals surface area contributed by atoms with Crippen LogP contribution in [0, 0.1) is 5.92 Å². The summed E-state index contributed by atoms with van der Waals surface area (Å²) in [6.07, 6.45) is 5.61. The average Bonchev–Trinajstić information content (AvgIpc) is 3.33. The van der Waals surface area contributed by atoms with Crippen LogP contribution in [0.15, 0.2) is 41.1 Å². The second-order valence-corrected chi connectivity index (χ2v) is 7.08. The molecule has 3 heterocycles. The maximum absolute atomic E-state index is 13.2. The van der Waals surface area contributed by atoms with Crippen LogP contribution in [0.3, 0.4) is 0 Å². The highest BCUT2D eigenvalue weighted by atomic mass is 16.3. The van der Waals surface area contributed by atoms with Gasteiger partial charge in [-0.05, 0) is 49.4 Å². The predicted octanol–water partition coefficient (Wildman–Crippen LogP) is 2.67. The largest absolute Gasteiger partial charge is 0.459 e. The molecule has 0 saturated heterocycles. The number of fused-ring (bicyclic) bond motifs is 1. The molecule has 0 bridgehead atoms. The van der Waals surface area contributed by atoms with Gasteiger partial charge in [0.05, 0.1) is 17.9 Å². The van der Waals surface area contributed by atoms with E-state index >= 15 is 0 Å². The first-order chi connectivity index (χ1) is 12.7. The molecule has 4 rings (SSSR count). The van der Waals surface area contributed by atoms with E-state index in [1.54, 1.807) is 23.2 Å². The van der Waals surface area contributed by atoms with Crippen molar-refractivity contribution in [2.45, 2.75) is 32.2 Å². The molecule has 1 unspecified atom stereocenters. The molecule has 1 aliphatic carbocycles. The Bertz CT molecular complexity index is 798. The Hall–Kier alpha value is -2.63. The summed E-state index contributed by atoms with van der Waals surface area (Å²) >= 11 is 0. The number of hydrogen-bond acceptors (Lipinski definition) is 4. The van der Waals surface area contributed by atoms with Gasteiger partial charge in [-0.25, -0.2) is 0 Å². The number of likely N-dealkylation sites (N-methyl/N-ethyl adjacent to an activating group) is 1. The van der Waals surface area contributed by atoms with Gasteiger partial charge in [0.25, 0.3) is 5.91 Å². The molecule has 0 N–H and O–H groups in total. The van der Waals surface area contributed by atoms with Crippen molar-refractivity contribution in [3.05, 3.63) is 53.7 Å². The minimum absolute atomic E-state index is 0.0660. The fraction of sp³-hybridized carbons (Fsp3) is 0.450. The lowest BCUT2D eigenvalue weighted by Gasteiger charge is -2.35. The Morgan fingerprint density at radius 3 is 2.85 bits per heavy atom. The van der Waals surface area contributed by atoms with Crippen LogP contribution in [0.2, 0.25) is 0 Å². The van der Waals surface area contributed by atoms with E-state index in [1.807, 2.05) is 24.0 Å². The van der Waals surface area contributed by atoms with E-state index in [0.717, 1.165) is 17.8 Å². The standard InChI is InChI=1S/C20H23N3O3/c1-2-22(11-14-7-8-14)19(24)16-13-23(20(25)17-6-4-10-26-17)12-15-5-3-9-21-18(15)16/h3-6,9-10,14,16H,2,7-8,11-13H2,1H3. The first-order valence-corrected chi connectivity index (χ1v) is 9.22. The van der Waals surface area contributed by atoms with Crippen LogP contribution in [-0.4, -0.2) is 46.2 Å². The number of amides is 2. The molecule has 0 aromatic carbocycles. The van der Waals surface area contributed by atoms with E-state index in [9.17, 15) is 9.59 Å². The van der Waals surface area contributed by atoms with Gasteiger partial charge in [-0.15, -0.1) is 0 Å². The summed E-state index contributed by atoms with van der Waals surface area (Å²) in [6.45, 7) is 4.28. The van der Waals surface area contributed by atoms with Crippen molar-refractivity contribution in [2.24, 2.45) is 5.92 Å². The minimum atomic E-state index is -0.419.